The predicted octanol–water partition coefficient (Wildman–Crippen LogP) is 3.72. The number of nitrogens with one attached hydrogen (secondary N) is 1. The highest BCUT2D eigenvalue weighted by Crippen LogP contribution is 2.23. The van der Waals surface area contributed by atoms with Gasteiger partial charge in [0.15, 0.2) is 5.82 Å². The van der Waals surface area contributed by atoms with E-state index in [0.717, 1.165) is 11.2 Å². The summed E-state index contributed by atoms with van der Waals surface area (Å²) in [6, 6.07) is 11.7. The molecule has 0 unspecified atom stereocenters. The molecule has 0 bridgehead atoms. The minimum atomic E-state index is -0.584. The molecule has 0 aromatic carbocycles. The molecule has 4 rings (SSSR count). The quantitative estimate of drug-likeness (QED) is 0.576. The maximum Gasteiger partial charge on any atom is 0.213 e. The lowest BCUT2D eigenvalue weighted by Crippen LogP contribution is -2.04. The van der Waals surface area contributed by atoms with Crippen LogP contribution in [0, 0.1) is 5.95 Å². The van der Waals surface area contributed by atoms with Crippen LogP contribution in [0.1, 0.15) is 0 Å². The van der Waals surface area contributed by atoms with Gasteiger partial charge in [-0.15, -0.1) is 5.10 Å². The van der Waals surface area contributed by atoms with E-state index in [1.165, 1.54) is 6.07 Å². The van der Waals surface area contributed by atoms with E-state index in [4.69, 9.17) is 11.6 Å². The molecule has 0 radical (unpaired) electrons. The molecule has 8 heteroatoms. The first-order valence-electron chi connectivity index (χ1n) is 7.06. The molecule has 1 N–H and O–H groups in total. The Hall–Kier alpha value is -3.06. The van der Waals surface area contributed by atoms with Gasteiger partial charge in [0, 0.05) is 18.1 Å². The minimum Gasteiger partial charge on any atom is -0.338 e. The Morgan fingerprint density at radius 1 is 1.08 bits per heavy atom. The van der Waals surface area contributed by atoms with Crippen molar-refractivity contribution in [3.8, 4) is 11.5 Å². The molecule has 0 fully saturated rings. The van der Waals surface area contributed by atoms with Crippen LogP contribution in [-0.4, -0.2) is 24.6 Å². The van der Waals surface area contributed by atoms with Gasteiger partial charge in [0.2, 0.25) is 11.8 Å². The molecule has 0 spiro atoms. The Balaban J connectivity index is 1.83. The molecule has 0 atom stereocenters. The van der Waals surface area contributed by atoms with Gasteiger partial charge < -0.3 is 5.32 Å². The first kappa shape index (κ1) is 14.5. The number of pyridine rings is 2. The van der Waals surface area contributed by atoms with Crippen molar-refractivity contribution in [1.29, 1.82) is 0 Å². The second kappa shape index (κ2) is 5.86. The van der Waals surface area contributed by atoms with Crippen LogP contribution in [0.4, 0.5) is 15.9 Å². The van der Waals surface area contributed by atoms with Crippen LogP contribution in [0.5, 0.6) is 0 Å². The molecule has 4 aromatic heterocycles. The van der Waals surface area contributed by atoms with Crippen molar-refractivity contribution in [3.05, 3.63) is 66.0 Å². The fourth-order valence-corrected chi connectivity index (χ4v) is 2.46. The van der Waals surface area contributed by atoms with Gasteiger partial charge in [-0.1, -0.05) is 17.7 Å². The summed E-state index contributed by atoms with van der Waals surface area (Å²) in [6.07, 6.45) is 3.38. The Labute approximate surface area is 141 Å². The lowest BCUT2D eigenvalue weighted by Gasteiger charge is -2.09. The number of nitrogens with zero attached hydrogens (tertiary/aromatic N) is 5. The molecule has 0 saturated carbocycles. The maximum absolute atomic E-state index is 13.4. The summed E-state index contributed by atoms with van der Waals surface area (Å²) in [7, 11) is 0. The number of hydrogen-bond donors (Lipinski definition) is 1. The first-order valence-corrected chi connectivity index (χ1v) is 7.44. The minimum absolute atomic E-state index is 0.306. The molecular weight excluding hydrogens is 331 g/mol. The van der Waals surface area contributed by atoms with Crippen LogP contribution in [0.25, 0.3) is 17.0 Å². The van der Waals surface area contributed by atoms with Crippen molar-refractivity contribution >= 4 is 28.6 Å². The van der Waals surface area contributed by atoms with E-state index in [1.807, 2.05) is 12.1 Å². The largest absolute Gasteiger partial charge is 0.338 e. The van der Waals surface area contributed by atoms with Crippen molar-refractivity contribution in [3.63, 3.8) is 0 Å². The van der Waals surface area contributed by atoms with Crippen LogP contribution in [0.2, 0.25) is 5.15 Å². The second-order valence-electron chi connectivity index (χ2n) is 4.96. The number of hydrogen-bond acceptors (Lipinski definition) is 5. The van der Waals surface area contributed by atoms with Gasteiger partial charge in [0.05, 0.1) is 0 Å². The monoisotopic (exact) mass is 340 g/mol. The number of anilines is 2. The van der Waals surface area contributed by atoms with Gasteiger partial charge in [-0.05, 0) is 36.4 Å². The molecule has 4 heterocycles. The lowest BCUT2D eigenvalue weighted by atomic mass is 10.3. The number of aromatic nitrogens is 5. The molecule has 24 heavy (non-hydrogen) atoms. The van der Waals surface area contributed by atoms with E-state index in [2.05, 4.69) is 25.4 Å². The van der Waals surface area contributed by atoms with Crippen LogP contribution in [0.3, 0.4) is 0 Å². The summed E-state index contributed by atoms with van der Waals surface area (Å²) in [5.41, 5.74) is 1.85. The van der Waals surface area contributed by atoms with Gasteiger partial charge in [0.25, 0.3) is 0 Å². The summed E-state index contributed by atoms with van der Waals surface area (Å²) in [5, 5.41) is 7.91. The van der Waals surface area contributed by atoms with E-state index in [0.29, 0.717) is 22.5 Å². The molecule has 0 aliphatic rings. The normalized spacial score (nSPS) is 10.9. The Morgan fingerprint density at radius 3 is 2.83 bits per heavy atom. The predicted molar refractivity (Wildman–Crippen MR) is 88.7 cm³/mol. The van der Waals surface area contributed by atoms with E-state index < -0.39 is 5.95 Å². The third-order valence-corrected chi connectivity index (χ3v) is 3.53. The summed E-state index contributed by atoms with van der Waals surface area (Å²) in [5.74, 6) is 0.276. The highest BCUT2D eigenvalue weighted by molar-refractivity contribution is 6.29. The van der Waals surface area contributed by atoms with Crippen LogP contribution in [0.15, 0.2) is 54.9 Å². The van der Waals surface area contributed by atoms with Gasteiger partial charge in [-0.25, -0.2) is 19.5 Å². The SMILES string of the molecule is Fc1cccc(-c2nc(Nc3ccnc(Cl)c3)c3cccn3n2)n1. The molecule has 0 aliphatic carbocycles. The number of rotatable bonds is 3. The highest BCUT2D eigenvalue weighted by atomic mass is 35.5. The molecule has 0 saturated heterocycles. The smallest absolute Gasteiger partial charge is 0.213 e. The van der Waals surface area contributed by atoms with Gasteiger partial charge in [0.1, 0.15) is 16.4 Å². The Morgan fingerprint density at radius 2 is 2.00 bits per heavy atom. The third-order valence-electron chi connectivity index (χ3n) is 3.32. The summed E-state index contributed by atoms with van der Waals surface area (Å²) < 4.78 is 15.0. The molecule has 0 aliphatic heterocycles. The van der Waals surface area contributed by atoms with Gasteiger partial charge in [-0.3, -0.25) is 0 Å². The average Bonchev–Trinajstić information content (AvgIpc) is 3.04. The topological polar surface area (TPSA) is 68.0 Å². The van der Waals surface area contributed by atoms with Crippen molar-refractivity contribution in [2.45, 2.75) is 0 Å². The third kappa shape index (κ3) is 2.77. The summed E-state index contributed by atoms with van der Waals surface area (Å²) in [4.78, 5) is 12.3. The maximum atomic E-state index is 13.4. The second-order valence-corrected chi connectivity index (χ2v) is 5.35. The van der Waals surface area contributed by atoms with Crippen LogP contribution < -0.4 is 5.32 Å². The van der Waals surface area contributed by atoms with Gasteiger partial charge >= 0.3 is 0 Å². The zero-order valence-corrected chi connectivity index (χ0v) is 12.9. The average molecular weight is 341 g/mol. The standard InChI is InChI=1S/C16H10ClFN6/c17-13-9-10(6-7-19-13)20-16-12-4-2-8-24(12)23-15(22-16)11-3-1-5-14(18)21-11/h1-9H,(H,19,20,22,23). The molecule has 118 valence electrons. The fourth-order valence-electron chi connectivity index (χ4n) is 2.28. The molecular formula is C16H10ClFN6. The van der Waals surface area contributed by atoms with E-state index in [1.54, 1.807) is 41.2 Å². The summed E-state index contributed by atoms with van der Waals surface area (Å²) in [6.45, 7) is 0. The Bertz CT molecular complexity index is 1030. The number of fused-ring (bicyclic) bond motifs is 1. The zero-order chi connectivity index (χ0) is 16.5. The van der Waals surface area contributed by atoms with Crippen LogP contribution in [-0.2, 0) is 0 Å². The van der Waals surface area contributed by atoms with E-state index in [9.17, 15) is 4.39 Å². The first-order chi connectivity index (χ1) is 11.7. The zero-order valence-electron chi connectivity index (χ0n) is 12.2. The van der Waals surface area contributed by atoms with E-state index >= 15 is 0 Å². The molecule has 6 nitrogen and oxygen atoms in total. The summed E-state index contributed by atoms with van der Waals surface area (Å²) >= 11 is 5.91. The Kier molecular flexibility index (Phi) is 3.55. The number of halogens is 2. The molecule has 0 amide bonds. The van der Waals surface area contributed by atoms with Gasteiger partial charge in [-0.2, -0.15) is 4.39 Å². The van der Waals surface area contributed by atoms with Crippen molar-refractivity contribution in [1.82, 2.24) is 24.6 Å². The van der Waals surface area contributed by atoms with Crippen molar-refractivity contribution in [2.24, 2.45) is 0 Å². The fraction of sp³-hybridized carbons (Fsp3) is 0. The lowest BCUT2D eigenvalue weighted by molar-refractivity contribution is 0.584. The molecule has 4 aromatic rings. The van der Waals surface area contributed by atoms with Crippen molar-refractivity contribution < 1.29 is 4.39 Å². The van der Waals surface area contributed by atoms with Crippen molar-refractivity contribution in [2.75, 3.05) is 5.32 Å². The van der Waals surface area contributed by atoms with Crippen LogP contribution >= 0.6 is 11.6 Å². The highest BCUT2D eigenvalue weighted by Gasteiger charge is 2.11. The van der Waals surface area contributed by atoms with E-state index in [-0.39, 0.29) is 0 Å².